The summed E-state index contributed by atoms with van der Waals surface area (Å²) in [6.45, 7) is -0.963. The zero-order chi connectivity index (χ0) is 24.5. The molecule has 0 aliphatic carbocycles. The minimum absolute atomic E-state index is 0.0843. The van der Waals surface area contributed by atoms with E-state index < -0.39 is 59.1 Å². The second-order valence-electron chi connectivity index (χ2n) is 6.30. The third kappa shape index (κ3) is 7.08. The van der Waals surface area contributed by atoms with Gasteiger partial charge in [0.2, 0.25) is 0 Å². The molecular formula is C11H19ClN3O13P3S. The monoisotopic (exact) mass is 561 g/mol. The van der Waals surface area contributed by atoms with Crippen molar-refractivity contribution >= 4 is 52.6 Å². The molecular weight excluding hydrogens is 543 g/mol. The molecule has 1 fully saturated rings. The number of nitrogens with zero attached hydrogens (tertiary/aromatic N) is 2. The number of phosphoric ester groups is 1. The first-order valence-electron chi connectivity index (χ1n) is 8.13. The van der Waals surface area contributed by atoms with Gasteiger partial charge in [-0.15, -0.1) is 11.6 Å². The molecule has 1 saturated heterocycles. The highest BCUT2D eigenvalue weighted by molar-refractivity contribution is 7.98. The lowest BCUT2D eigenvalue weighted by atomic mass is 10.00. The van der Waals surface area contributed by atoms with Crippen LogP contribution in [0, 0.1) is 0 Å². The summed E-state index contributed by atoms with van der Waals surface area (Å²) in [5, 5.41) is 9.36. The van der Waals surface area contributed by atoms with Crippen molar-refractivity contribution in [2.24, 2.45) is 0 Å². The number of alkyl halides is 1. The molecule has 2 rings (SSSR count). The predicted octanol–water partition coefficient (Wildman–Crippen LogP) is -0.232. The minimum Gasteiger partial charge on any atom is -0.388 e. The SMILES string of the molecule is CSC[C@]1(COP(=O)(O)OP(=O)(O)OP(=O)(O)O)O[C@@H](n2ccc(N)nc2=O)[C@H](Cl)[C@@H]1O. The molecule has 0 bridgehead atoms. The number of phosphoric acid groups is 3. The summed E-state index contributed by atoms with van der Waals surface area (Å²) in [7, 11) is -16.8. The average molecular weight is 562 g/mol. The molecule has 7 N–H and O–H groups in total. The Hall–Kier alpha value is -0.350. The van der Waals surface area contributed by atoms with Gasteiger partial charge in [0.25, 0.3) is 0 Å². The lowest BCUT2D eigenvalue weighted by Crippen LogP contribution is -2.48. The fourth-order valence-electron chi connectivity index (χ4n) is 2.67. The van der Waals surface area contributed by atoms with E-state index in [1.165, 1.54) is 12.3 Å². The van der Waals surface area contributed by atoms with Gasteiger partial charge in [0.05, 0.1) is 6.61 Å². The van der Waals surface area contributed by atoms with Crippen LogP contribution in [0.1, 0.15) is 6.23 Å². The Morgan fingerprint density at radius 2 is 1.91 bits per heavy atom. The van der Waals surface area contributed by atoms with E-state index in [-0.39, 0.29) is 11.6 Å². The van der Waals surface area contributed by atoms with Gasteiger partial charge in [-0.25, -0.2) is 18.5 Å². The number of ether oxygens (including phenoxy) is 1. The molecule has 1 aromatic rings. The van der Waals surface area contributed by atoms with Crippen LogP contribution in [0.25, 0.3) is 0 Å². The molecule has 2 unspecified atom stereocenters. The first-order chi connectivity index (χ1) is 14.5. The number of rotatable bonds is 10. The third-order valence-corrected chi connectivity index (χ3v) is 8.88. The second-order valence-corrected chi connectivity index (χ2v) is 12.1. The average Bonchev–Trinajstić information content (AvgIpc) is 2.83. The summed E-state index contributed by atoms with van der Waals surface area (Å²) in [4.78, 5) is 51.7. The summed E-state index contributed by atoms with van der Waals surface area (Å²) in [6, 6.07) is 1.27. The Kier molecular flexibility index (Phi) is 8.80. The Morgan fingerprint density at radius 1 is 1.28 bits per heavy atom. The Morgan fingerprint density at radius 3 is 2.44 bits per heavy atom. The van der Waals surface area contributed by atoms with Crippen LogP contribution in [0.5, 0.6) is 0 Å². The van der Waals surface area contributed by atoms with Gasteiger partial charge >= 0.3 is 29.2 Å². The number of aromatic nitrogens is 2. The summed E-state index contributed by atoms with van der Waals surface area (Å²) < 4.78 is 52.7. The number of halogens is 1. The van der Waals surface area contributed by atoms with Gasteiger partial charge in [0.1, 0.15) is 22.9 Å². The van der Waals surface area contributed by atoms with Gasteiger partial charge in [-0.3, -0.25) is 9.09 Å². The number of nitrogens with two attached hydrogens (primary N) is 1. The molecule has 1 aliphatic rings. The summed E-state index contributed by atoms with van der Waals surface area (Å²) >= 11 is 7.30. The van der Waals surface area contributed by atoms with Crippen molar-refractivity contribution in [3.63, 3.8) is 0 Å². The lowest BCUT2D eigenvalue weighted by molar-refractivity contribution is -0.111. The van der Waals surface area contributed by atoms with Gasteiger partial charge in [-0.1, -0.05) is 0 Å². The number of hydrogen-bond acceptors (Lipinski definition) is 12. The van der Waals surface area contributed by atoms with Gasteiger partial charge in [-0.05, 0) is 12.3 Å². The highest BCUT2D eigenvalue weighted by Crippen LogP contribution is 2.66. The Balaban J connectivity index is 2.24. The molecule has 0 aromatic carbocycles. The van der Waals surface area contributed by atoms with Crippen LogP contribution in [0.4, 0.5) is 5.82 Å². The Bertz CT molecular complexity index is 1040. The third-order valence-electron chi connectivity index (χ3n) is 3.87. The molecule has 32 heavy (non-hydrogen) atoms. The number of thioether (sulfide) groups is 1. The number of aliphatic hydroxyl groups is 1. The first kappa shape index (κ1) is 27.9. The molecule has 1 aliphatic heterocycles. The van der Waals surface area contributed by atoms with Crippen LogP contribution in [0.15, 0.2) is 17.1 Å². The zero-order valence-corrected chi connectivity index (χ0v) is 20.2. The van der Waals surface area contributed by atoms with Gasteiger partial charge in [0.15, 0.2) is 6.23 Å². The van der Waals surface area contributed by atoms with Crippen LogP contribution in [0.3, 0.4) is 0 Å². The molecule has 0 amide bonds. The van der Waals surface area contributed by atoms with E-state index in [1.807, 2.05) is 0 Å². The second kappa shape index (κ2) is 10.1. The van der Waals surface area contributed by atoms with E-state index in [4.69, 9.17) is 31.9 Å². The summed E-state index contributed by atoms with van der Waals surface area (Å²) in [5.74, 6) is -0.195. The van der Waals surface area contributed by atoms with E-state index in [2.05, 4.69) is 18.1 Å². The van der Waals surface area contributed by atoms with Crippen LogP contribution in [-0.4, -0.2) is 69.9 Å². The summed E-state index contributed by atoms with van der Waals surface area (Å²) in [6.07, 6.45) is -0.132. The number of hydrogen-bond donors (Lipinski definition) is 6. The first-order valence-corrected chi connectivity index (χ1v) is 14.5. The standard InChI is InChI=1S/C11H19ClN3O13P3S/c1-32-5-11(4-25-30(21,22)28-31(23,24)27-29(18,19)20)8(16)7(12)9(26-11)15-3-2-6(13)14-10(15)17/h2-3,7-9,16H,4-5H2,1H3,(H,21,22)(H,23,24)(H2,13,14,17)(H2,18,19,20)/t7-,8+,9-,11+/m1/s1. The highest BCUT2D eigenvalue weighted by Gasteiger charge is 2.56. The molecule has 184 valence electrons. The smallest absolute Gasteiger partial charge is 0.388 e. The fourth-order valence-corrected chi connectivity index (χ4v) is 6.96. The number of nitrogen functional groups attached to an aromatic ring is 1. The molecule has 0 saturated carbocycles. The van der Waals surface area contributed by atoms with E-state index in [1.54, 1.807) is 6.26 Å². The van der Waals surface area contributed by atoms with Crippen molar-refractivity contribution in [2.75, 3.05) is 24.3 Å². The topological polar surface area (TPSA) is 250 Å². The maximum atomic E-state index is 12.1. The van der Waals surface area contributed by atoms with E-state index in [0.29, 0.717) is 0 Å². The minimum atomic E-state index is -5.73. The van der Waals surface area contributed by atoms with E-state index in [0.717, 1.165) is 16.3 Å². The molecule has 2 heterocycles. The van der Waals surface area contributed by atoms with Crippen LogP contribution in [0.2, 0.25) is 0 Å². The summed E-state index contributed by atoms with van der Waals surface area (Å²) in [5.41, 5.74) is 2.74. The van der Waals surface area contributed by atoms with Crippen LogP contribution in [-0.2, 0) is 31.6 Å². The number of aliphatic hydroxyl groups excluding tert-OH is 1. The molecule has 16 nitrogen and oxygen atoms in total. The lowest BCUT2D eigenvalue weighted by Gasteiger charge is -2.31. The fraction of sp³-hybridized carbons (Fsp3) is 0.636. The van der Waals surface area contributed by atoms with E-state index in [9.17, 15) is 33.4 Å². The number of anilines is 1. The maximum Gasteiger partial charge on any atom is 0.490 e. The van der Waals surface area contributed by atoms with Gasteiger partial charge < -0.3 is 35.2 Å². The van der Waals surface area contributed by atoms with Crippen molar-refractivity contribution in [3.8, 4) is 0 Å². The normalized spacial score (nSPS) is 30.0. The molecule has 1 aromatic heterocycles. The van der Waals surface area contributed by atoms with E-state index >= 15 is 0 Å². The van der Waals surface area contributed by atoms with Crippen molar-refractivity contribution in [1.82, 2.24) is 9.55 Å². The Labute approximate surface area is 189 Å². The maximum absolute atomic E-state index is 12.1. The van der Waals surface area contributed by atoms with Crippen LogP contribution >= 0.6 is 46.8 Å². The van der Waals surface area contributed by atoms with Crippen molar-refractivity contribution < 1.29 is 56.3 Å². The molecule has 21 heteroatoms. The largest absolute Gasteiger partial charge is 0.490 e. The molecule has 0 radical (unpaired) electrons. The predicted molar refractivity (Wildman–Crippen MR) is 110 cm³/mol. The van der Waals surface area contributed by atoms with Crippen molar-refractivity contribution in [1.29, 1.82) is 0 Å². The van der Waals surface area contributed by atoms with Gasteiger partial charge in [0, 0.05) is 11.9 Å². The van der Waals surface area contributed by atoms with Crippen LogP contribution < -0.4 is 11.4 Å². The molecule has 6 atom stereocenters. The van der Waals surface area contributed by atoms with Crippen molar-refractivity contribution in [2.45, 2.75) is 23.3 Å². The van der Waals surface area contributed by atoms with Gasteiger partial charge in [-0.2, -0.15) is 25.4 Å². The van der Waals surface area contributed by atoms with Crippen molar-refractivity contribution in [3.05, 3.63) is 22.7 Å². The zero-order valence-electron chi connectivity index (χ0n) is 15.9. The highest BCUT2D eigenvalue weighted by atomic mass is 35.5. The quantitative estimate of drug-likeness (QED) is 0.159. The molecule has 0 spiro atoms.